The Labute approximate surface area is 441 Å². The van der Waals surface area contributed by atoms with Crippen molar-refractivity contribution >= 4 is 61.6 Å². The van der Waals surface area contributed by atoms with Gasteiger partial charge in [-0.15, -0.1) is 26.6 Å². The monoisotopic (exact) mass is 1060 g/mol. The second-order valence-electron chi connectivity index (χ2n) is 19.2. The number of methoxy groups -OCH3 is 1. The Kier molecular flexibility index (Phi) is 15.7. The van der Waals surface area contributed by atoms with E-state index in [2.05, 4.69) is 39.7 Å². The number of sulfonamides is 1. The van der Waals surface area contributed by atoms with Crippen LogP contribution >= 0.6 is 22.9 Å². The standard InChI is InChI=1S/C55H62ClN9O7S2/c1-9-71-50(67)28-43(40-26-44-53(47(27-40)70-8)63(7)62-60-44)39-17-15-32(2)41(25-39)31-64-30-33(3)72-46-24-37(16-22-48(46)74(64,68)69)14-12-10-11-13-23-57-49(66)29-45-54-61-59-36(6)65(54)55-51(34(4)35(5)73-55)52(58-45)38-18-20-42(56)21-19-38/h15-22,24-27,33,43,45H,9-14,23,28-31H2,1-8H3,(H,57,66)/t33-,43+,45+/m1/s1. The van der Waals surface area contributed by atoms with Gasteiger partial charge in [-0.1, -0.05) is 66.1 Å². The van der Waals surface area contributed by atoms with Gasteiger partial charge in [0.1, 0.15) is 50.4 Å². The van der Waals surface area contributed by atoms with Crippen molar-refractivity contribution in [1.29, 1.82) is 0 Å². The van der Waals surface area contributed by atoms with Crippen LogP contribution in [-0.2, 0) is 44.4 Å². The van der Waals surface area contributed by atoms with Gasteiger partial charge >= 0.3 is 5.97 Å². The number of rotatable bonds is 18. The molecule has 74 heavy (non-hydrogen) atoms. The van der Waals surface area contributed by atoms with E-state index in [0.29, 0.717) is 34.4 Å². The Bertz CT molecular complexity index is 3380. The smallest absolute Gasteiger partial charge is 0.306 e. The number of carbonyl (C=O) groups is 2. The van der Waals surface area contributed by atoms with Crippen molar-refractivity contribution in [3.8, 4) is 16.5 Å². The minimum Gasteiger partial charge on any atom is -0.494 e. The lowest BCUT2D eigenvalue weighted by Crippen LogP contribution is -2.35. The molecule has 0 aliphatic carbocycles. The van der Waals surface area contributed by atoms with Crippen molar-refractivity contribution in [3.63, 3.8) is 0 Å². The highest BCUT2D eigenvalue weighted by Gasteiger charge is 2.35. The summed E-state index contributed by atoms with van der Waals surface area (Å²) in [6.07, 6.45) is 4.03. The summed E-state index contributed by atoms with van der Waals surface area (Å²) in [5, 5.41) is 22.2. The second kappa shape index (κ2) is 22.2. The first kappa shape index (κ1) is 52.4. The molecule has 4 aromatic carbocycles. The lowest BCUT2D eigenvalue weighted by atomic mass is 9.86. The van der Waals surface area contributed by atoms with E-state index in [1.54, 1.807) is 43.2 Å². The maximum absolute atomic E-state index is 14.5. The van der Waals surface area contributed by atoms with Gasteiger partial charge < -0.3 is 19.5 Å². The molecule has 9 rings (SSSR count). The maximum Gasteiger partial charge on any atom is 0.306 e. The molecule has 0 saturated heterocycles. The first-order valence-corrected chi connectivity index (χ1v) is 27.7. The van der Waals surface area contributed by atoms with Crippen LogP contribution in [0.5, 0.6) is 11.5 Å². The quantitative estimate of drug-likeness (QED) is 0.0637. The number of aryl methyl sites for hydroxylation is 5. The van der Waals surface area contributed by atoms with Crippen LogP contribution in [0.3, 0.4) is 0 Å². The van der Waals surface area contributed by atoms with E-state index in [4.69, 9.17) is 30.8 Å². The molecule has 3 aromatic heterocycles. The van der Waals surface area contributed by atoms with Gasteiger partial charge in [0.15, 0.2) is 5.82 Å². The summed E-state index contributed by atoms with van der Waals surface area (Å²) < 4.78 is 51.7. The third-order valence-corrected chi connectivity index (χ3v) is 17.3. The van der Waals surface area contributed by atoms with Gasteiger partial charge in [-0.2, -0.15) is 4.31 Å². The molecule has 0 bridgehead atoms. The Morgan fingerprint density at radius 2 is 1.73 bits per heavy atom. The molecule has 3 atom stereocenters. The zero-order valence-electron chi connectivity index (χ0n) is 43.1. The van der Waals surface area contributed by atoms with Crippen molar-refractivity contribution in [2.75, 3.05) is 26.8 Å². The number of benzene rings is 4. The molecule has 19 heteroatoms. The molecule has 16 nitrogen and oxygen atoms in total. The van der Waals surface area contributed by atoms with Crippen LogP contribution in [0.1, 0.15) is 125 Å². The summed E-state index contributed by atoms with van der Waals surface area (Å²) in [5.74, 6) is 1.40. The van der Waals surface area contributed by atoms with Crippen molar-refractivity contribution in [2.45, 2.75) is 116 Å². The fourth-order valence-corrected chi connectivity index (χ4v) is 12.9. The Balaban J connectivity index is 0.817. The molecule has 388 valence electrons. The molecule has 2 aliphatic rings. The SMILES string of the molecule is CCOC(=O)C[C@@H](c1ccc(C)c(CN2C[C@@H](C)Oc3cc(CCCCCCNC(=O)C[C@@H]4N=C(c5ccc(Cl)cc5)c5c(sc(C)c5C)-n5c(C)nnc54)ccc3S2(=O)=O)c1)c1cc(OC)c2c(c1)nnn2C. The number of hydrogen-bond donors (Lipinski definition) is 1. The first-order valence-electron chi connectivity index (χ1n) is 25.1. The minimum absolute atomic E-state index is 0.0562. The number of aromatic nitrogens is 6. The molecule has 0 radical (unpaired) electrons. The zero-order valence-corrected chi connectivity index (χ0v) is 45.5. The lowest BCUT2D eigenvalue weighted by molar-refractivity contribution is -0.143. The lowest BCUT2D eigenvalue weighted by Gasteiger charge is -2.24. The predicted octanol–water partition coefficient (Wildman–Crippen LogP) is 9.76. The molecule has 0 spiro atoms. The van der Waals surface area contributed by atoms with Crippen LogP contribution < -0.4 is 14.8 Å². The predicted molar refractivity (Wildman–Crippen MR) is 287 cm³/mol. The summed E-state index contributed by atoms with van der Waals surface area (Å²) in [5.41, 5.74) is 9.57. The van der Waals surface area contributed by atoms with E-state index in [1.807, 2.05) is 92.1 Å². The number of thiophene rings is 1. The van der Waals surface area contributed by atoms with Gasteiger partial charge in [0.05, 0.1) is 38.8 Å². The van der Waals surface area contributed by atoms with Gasteiger partial charge in [0, 0.05) is 47.1 Å². The number of nitrogens with one attached hydrogen (secondary N) is 1. The molecular formula is C55H62ClN9O7S2. The molecule has 1 N–H and O–H groups in total. The normalized spacial score (nSPS) is 16.5. The number of esters is 1. The fraction of sp³-hybridized carbons (Fsp3) is 0.400. The molecule has 0 saturated carbocycles. The van der Waals surface area contributed by atoms with Gasteiger partial charge in [0.2, 0.25) is 15.9 Å². The molecule has 1 amide bonds. The fourth-order valence-electron chi connectivity index (χ4n) is 9.97. The van der Waals surface area contributed by atoms with E-state index >= 15 is 0 Å². The number of carbonyl (C=O) groups excluding carboxylic acids is 2. The van der Waals surface area contributed by atoms with E-state index in [9.17, 15) is 18.0 Å². The molecule has 0 unspecified atom stereocenters. The van der Waals surface area contributed by atoms with E-state index < -0.39 is 28.1 Å². The maximum atomic E-state index is 14.5. The van der Waals surface area contributed by atoms with Crippen LogP contribution in [0.2, 0.25) is 5.02 Å². The van der Waals surface area contributed by atoms with E-state index in [-0.39, 0.29) is 49.3 Å². The molecule has 7 aromatic rings. The Morgan fingerprint density at radius 1 is 0.946 bits per heavy atom. The van der Waals surface area contributed by atoms with Crippen molar-refractivity contribution in [3.05, 3.63) is 139 Å². The van der Waals surface area contributed by atoms with Crippen LogP contribution in [0.25, 0.3) is 16.0 Å². The average Bonchev–Trinajstić information content (AvgIpc) is 3.99. The Morgan fingerprint density at radius 3 is 2.50 bits per heavy atom. The summed E-state index contributed by atoms with van der Waals surface area (Å²) in [7, 11) is -0.600. The number of hydrogen-bond acceptors (Lipinski definition) is 13. The van der Waals surface area contributed by atoms with Crippen molar-refractivity contribution in [1.82, 2.24) is 39.4 Å². The third-order valence-electron chi connectivity index (χ3n) is 14.0. The van der Waals surface area contributed by atoms with Crippen molar-refractivity contribution < 1.29 is 32.2 Å². The Hall–Kier alpha value is -6.47. The molecule has 0 fully saturated rings. The molecular weight excluding hydrogens is 998 g/mol. The summed E-state index contributed by atoms with van der Waals surface area (Å²) >= 11 is 7.95. The van der Waals surface area contributed by atoms with Crippen LogP contribution in [0, 0.1) is 27.7 Å². The molecule has 5 heterocycles. The first-order chi connectivity index (χ1) is 35.5. The van der Waals surface area contributed by atoms with Gasteiger partial charge in [-0.05, 0) is 131 Å². The largest absolute Gasteiger partial charge is 0.494 e. The number of aliphatic imine (C=N–C) groups is 1. The summed E-state index contributed by atoms with van der Waals surface area (Å²) in [6, 6.07) is 22.2. The van der Waals surface area contributed by atoms with Crippen LogP contribution in [0.15, 0.2) is 82.7 Å². The zero-order chi connectivity index (χ0) is 52.4. The van der Waals surface area contributed by atoms with Crippen LogP contribution in [0.4, 0.5) is 0 Å². The molecule has 2 aliphatic heterocycles. The van der Waals surface area contributed by atoms with Crippen LogP contribution in [-0.4, -0.2) is 93.0 Å². The topological polar surface area (TPSA) is 185 Å². The van der Waals surface area contributed by atoms with E-state index in [1.165, 1.54) is 9.18 Å². The highest BCUT2D eigenvalue weighted by molar-refractivity contribution is 7.89. The minimum atomic E-state index is -3.98. The number of fused-ring (bicyclic) bond motifs is 5. The van der Waals surface area contributed by atoms with Gasteiger partial charge in [-0.3, -0.25) is 19.1 Å². The number of ether oxygens (including phenoxy) is 3. The van der Waals surface area contributed by atoms with Gasteiger partial charge in [0.25, 0.3) is 0 Å². The number of nitrogens with zero attached hydrogens (tertiary/aromatic N) is 8. The van der Waals surface area contributed by atoms with Gasteiger partial charge in [-0.25, -0.2) is 13.1 Å². The number of amides is 1. The summed E-state index contributed by atoms with van der Waals surface area (Å²) in [4.78, 5) is 33.1. The number of halogens is 1. The van der Waals surface area contributed by atoms with E-state index in [0.717, 1.165) is 98.7 Å². The summed E-state index contributed by atoms with van der Waals surface area (Å²) in [6.45, 7) is 12.8. The average molecular weight is 1060 g/mol. The highest BCUT2D eigenvalue weighted by atomic mass is 35.5. The third kappa shape index (κ3) is 10.9. The highest BCUT2D eigenvalue weighted by Crippen LogP contribution is 2.41. The second-order valence-corrected chi connectivity index (χ2v) is 22.7. The number of unbranched alkanes of at least 4 members (excludes halogenated alkanes) is 3. The van der Waals surface area contributed by atoms with Crippen molar-refractivity contribution in [2.24, 2.45) is 12.0 Å².